The van der Waals surface area contributed by atoms with Gasteiger partial charge in [-0.15, -0.1) is 0 Å². The van der Waals surface area contributed by atoms with Crippen molar-refractivity contribution in [1.82, 2.24) is 0 Å². The Morgan fingerprint density at radius 2 is 1.87 bits per heavy atom. The van der Waals surface area contributed by atoms with Gasteiger partial charge in [-0.2, -0.15) is 0 Å². The van der Waals surface area contributed by atoms with Gasteiger partial charge in [-0.1, -0.05) is 35.3 Å². The van der Waals surface area contributed by atoms with Crippen molar-refractivity contribution in [1.29, 1.82) is 0 Å². The minimum atomic E-state index is -0.700. The highest BCUT2D eigenvalue weighted by Crippen LogP contribution is 2.21. The number of hydrogen-bond acceptors (Lipinski definition) is 3. The first kappa shape index (κ1) is 17.3. The van der Waals surface area contributed by atoms with Gasteiger partial charge in [0.05, 0.1) is 10.6 Å². The molecule has 1 amide bonds. The van der Waals surface area contributed by atoms with E-state index in [4.69, 9.17) is 27.9 Å². The number of benzene rings is 2. The molecule has 0 aliphatic carbocycles. The summed E-state index contributed by atoms with van der Waals surface area (Å²) in [6, 6.07) is 10.0. The van der Waals surface area contributed by atoms with Gasteiger partial charge in [-0.05, 0) is 49.2 Å². The molecule has 0 aliphatic rings. The molecule has 0 spiro atoms. The third kappa shape index (κ3) is 4.47. The fourth-order valence-corrected chi connectivity index (χ4v) is 2.30. The lowest BCUT2D eigenvalue weighted by Crippen LogP contribution is -2.21. The molecule has 2 aromatic carbocycles. The Kier molecular flexibility index (Phi) is 5.64. The summed E-state index contributed by atoms with van der Waals surface area (Å²) in [6.45, 7) is 3.45. The summed E-state index contributed by atoms with van der Waals surface area (Å²) in [5.41, 5.74) is 2.83. The topological polar surface area (TPSA) is 55.4 Å². The number of halogens is 2. The Hall–Kier alpha value is -2.04. The summed E-state index contributed by atoms with van der Waals surface area (Å²) in [5, 5.41) is 3.29. The number of anilines is 1. The Balaban J connectivity index is 1.98. The Morgan fingerprint density at radius 3 is 2.61 bits per heavy atom. The van der Waals surface area contributed by atoms with E-state index in [1.807, 2.05) is 26.0 Å². The van der Waals surface area contributed by atoms with E-state index >= 15 is 0 Å². The van der Waals surface area contributed by atoms with Crippen LogP contribution in [0.3, 0.4) is 0 Å². The lowest BCUT2D eigenvalue weighted by atomic mass is 10.1. The highest BCUT2D eigenvalue weighted by molar-refractivity contribution is 6.35. The van der Waals surface area contributed by atoms with E-state index in [1.54, 1.807) is 12.1 Å². The average molecular weight is 352 g/mol. The quantitative estimate of drug-likeness (QED) is 0.830. The minimum Gasteiger partial charge on any atom is -0.452 e. The summed E-state index contributed by atoms with van der Waals surface area (Å²) < 4.78 is 4.97. The Morgan fingerprint density at radius 1 is 1.13 bits per heavy atom. The Bertz CT molecular complexity index is 759. The molecule has 4 nitrogen and oxygen atoms in total. The van der Waals surface area contributed by atoms with Crippen molar-refractivity contribution in [3.8, 4) is 0 Å². The van der Waals surface area contributed by atoms with Crippen molar-refractivity contribution >= 4 is 40.8 Å². The largest absolute Gasteiger partial charge is 0.452 e. The van der Waals surface area contributed by atoms with E-state index in [2.05, 4.69) is 5.32 Å². The van der Waals surface area contributed by atoms with Crippen LogP contribution in [0.15, 0.2) is 36.4 Å². The zero-order valence-electron chi connectivity index (χ0n) is 12.7. The van der Waals surface area contributed by atoms with Crippen LogP contribution in [-0.2, 0) is 9.53 Å². The molecule has 0 heterocycles. The predicted molar refractivity (Wildman–Crippen MR) is 91.3 cm³/mol. The van der Waals surface area contributed by atoms with Crippen LogP contribution in [0.4, 0.5) is 5.69 Å². The highest BCUT2D eigenvalue weighted by Gasteiger charge is 2.15. The van der Waals surface area contributed by atoms with Crippen LogP contribution in [-0.4, -0.2) is 18.5 Å². The molecule has 1 N–H and O–H groups in total. The average Bonchev–Trinajstić information content (AvgIpc) is 2.52. The van der Waals surface area contributed by atoms with Crippen molar-refractivity contribution in [2.24, 2.45) is 0 Å². The van der Waals surface area contributed by atoms with Crippen molar-refractivity contribution in [3.05, 3.63) is 63.1 Å². The van der Waals surface area contributed by atoms with E-state index in [-0.39, 0.29) is 10.6 Å². The van der Waals surface area contributed by atoms with Gasteiger partial charge in [0.25, 0.3) is 5.91 Å². The number of rotatable bonds is 4. The van der Waals surface area contributed by atoms with Gasteiger partial charge in [0.2, 0.25) is 0 Å². The number of carbonyl (C=O) groups excluding carboxylic acids is 2. The molecule has 2 aromatic rings. The first-order valence-corrected chi connectivity index (χ1v) is 7.62. The lowest BCUT2D eigenvalue weighted by Gasteiger charge is -2.11. The second-order valence-electron chi connectivity index (χ2n) is 5.00. The maximum absolute atomic E-state index is 12.0. The van der Waals surface area contributed by atoms with Gasteiger partial charge in [-0.3, -0.25) is 4.79 Å². The van der Waals surface area contributed by atoms with Crippen LogP contribution < -0.4 is 5.32 Å². The van der Waals surface area contributed by atoms with E-state index in [1.165, 1.54) is 12.1 Å². The fourth-order valence-electron chi connectivity index (χ4n) is 1.94. The zero-order chi connectivity index (χ0) is 17.0. The van der Waals surface area contributed by atoms with Gasteiger partial charge in [0.1, 0.15) is 0 Å². The van der Waals surface area contributed by atoms with Crippen LogP contribution in [0.5, 0.6) is 0 Å². The summed E-state index contributed by atoms with van der Waals surface area (Å²) in [4.78, 5) is 23.9. The molecule has 0 fully saturated rings. The fraction of sp³-hybridized carbons (Fsp3) is 0.176. The van der Waals surface area contributed by atoms with Gasteiger partial charge < -0.3 is 10.1 Å². The molecular formula is C17H15Cl2NO3. The van der Waals surface area contributed by atoms with Crippen LogP contribution in [0.1, 0.15) is 21.5 Å². The van der Waals surface area contributed by atoms with Gasteiger partial charge in [0.15, 0.2) is 6.61 Å². The molecule has 0 radical (unpaired) electrons. The van der Waals surface area contributed by atoms with Crippen LogP contribution in [0, 0.1) is 13.8 Å². The molecule has 0 saturated heterocycles. The maximum Gasteiger partial charge on any atom is 0.340 e. The predicted octanol–water partition coefficient (Wildman–Crippen LogP) is 4.41. The molecule has 2 rings (SSSR count). The molecule has 6 heteroatoms. The molecule has 0 unspecified atom stereocenters. The molecule has 23 heavy (non-hydrogen) atoms. The van der Waals surface area contributed by atoms with Gasteiger partial charge >= 0.3 is 5.97 Å². The molecule has 0 aliphatic heterocycles. The third-order valence-corrected chi connectivity index (χ3v) is 3.93. The highest BCUT2D eigenvalue weighted by atomic mass is 35.5. The smallest absolute Gasteiger partial charge is 0.340 e. The van der Waals surface area contributed by atoms with Gasteiger partial charge in [-0.25, -0.2) is 4.79 Å². The van der Waals surface area contributed by atoms with E-state index < -0.39 is 18.5 Å². The van der Waals surface area contributed by atoms with Crippen LogP contribution >= 0.6 is 23.2 Å². The molecule has 0 saturated carbocycles. The summed E-state index contributed by atoms with van der Waals surface area (Å²) in [6.07, 6.45) is 0. The molecule has 120 valence electrons. The summed E-state index contributed by atoms with van der Waals surface area (Å²) >= 11 is 11.7. The van der Waals surface area contributed by atoms with Crippen molar-refractivity contribution in [2.45, 2.75) is 13.8 Å². The number of esters is 1. The standard InChI is InChI=1S/C17H15Cl2NO3/c1-10-4-3-5-15(11(10)2)20-16(21)9-23-17(22)13-8-12(18)6-7-14(13)19/h3-8H,9H2,1-2H3,(H,20,21). The Labute approximate surface area is 144 Å². The van der Waals surface area contributed by atoms with Crippen LogP contribution in [0.2, 0.25) is 10.0 Å². The second kappa shape index (κ2) is 7.49. The summed E-state index contributed by atoms with van der Waals surface area (Å²) in [7, 11) is 0. The van der Waals surface area contributed by atoms with E-state index in [9.17, 15) is 9.59 Å². The third-order valence-electron chi connectivity index (χ3n) is 3.36. The van der Waals surface area contributed by atoms with E-state index in [0.29, 0.717) is 10.7 Å². The summed E-state index contributed by atoms with van der Waals surface area (Å²) in [5.74, 6) is -1.13. The van der Waals surface area contributed by atoms with Crippen molar-refractivity contribution in [2.75, 3.05) is 11.9 Å². The van der Waals surface area contributed by atoms with Crippen LogP contribution in [0.25, 0.3) is 0 Å². The number of ether oxygens (including phenoxy) is 1. The SMILES string of the molecule is Cc1cccc(NC(=O)COC(=O)c2cc(Cl)ccc2Cl)c1C. The second-order valence-corrected chi connectivity index (χ2v) is 5.84. The number of hydrogen-bond donors (Lipinski definition) is 1. The monoisotopic (exact) mass is 351 g/mol. The minimum absolute atomic E-state index is 0.124. The zero-order valence-corrected chi connectivity index (χ0v) is 14.2. The first-order valence-electron chi connectivity index (χ1n) is 6.86. The first-order chi connectivity index (χ1) is 10.9. The van der Waals surface area contributed by atoms with Gasteiger partial charge in [0, 0.05) is 10.7 Å². The number of amides is 1. The number of aryl methyl sites for hydroxylation is 1. The molecular weight excluding hydrogens is 337 g/mol. The lowest BCUT2D eigenvalue weighted by molar-refractivity contribution is -0.119. The maximum atomic E-state index is 12.0. The molecule has 0 atom stereocenters. The van der Waals surface area contributed by atoms with Crippen molar-refractivity contribution in [3.63, 3.8) is 0 Å². The number of carbonyl (C=O) groups is 2. The normalized spacial score (nSPS) is 10.3. The molecule has 0 bridgehead atoms. The van der Waals surface area contributed by atoms with E-state index in [0.717, 1.165) is 11.1 Å². The van der Waals surface area contributed by atoms with Crippen molar-refractivity contribution < 1.29 is 14.3 Å². The number of nitrogens with one attached hydrogen (secondary N) is 1. The molecule has 0 aromatic heterocycles.